The van der Waals surface area contributed by atoms with Crippen LogP contribution in [0.25, 0.3) is 11.1 Å². The van der Waals surface area contributed by atoms with E-state index in [9.17, 15) is 0 Å². The van der Waals surface area contributed by atoms with Crippen LogP contribution in [0.1, 0.15) is 0 Å². The molecule has 0 unspecified atom stereocenters. The molecule has 3 nitrogen and oxygen atoms in total. The van der Waals surface area contributed by atoms with Crippen LogP contribution >= 0.6 is 0 Å². The summed E-state index contributed by atoms with van der Waals surface area (Å²) in [5, 5.41) is 10.1. The number of guanidine groups is 1. The molecule has 0 bridgehead atoms. The Morgan fingerprint density at radius 1 is 0.938 bits per heavy atom. The van der Waals surface area contributed by atoms with Gasteiger partial charge < -0.3 is 11.1 Å². The van der Waals surface area contributed by atoms with Crippen molar-refractivity contribution in [1.82, 2.24) is 0 Å². The largest absolute Gasteiger partial charge is 0.370 e. The third-order valence-electron chi connectivity index (χ3n) is 2.28. The Balaban J connectivity index is 2.44. The van der Waals surface area contributed by atoms with E-state index < -0.39 is 0 Å². The summed E-state index contributed by atoms with van der Waals surface area (Å²) in [4.78, 5) is 0. The van der Waals surface area contributed by atoms with Gasteiger partial charge in [-0.25, -0.2) is 0 Å². The molecule has 2 aromatic carbocycles. The number of para-hydroxylation sites is 1. The quantitative estimate of drug-likeness (QED) is 0.528. The van der Waals surface area contributed by atoms with Crippen molar-refractivity contribution in [2.75, 3.05) is 5.32 Å². The van der Waals surface area contributed by atoms with E-state index in [-0.39, 0.29) is 5.96 Å². The van der Waals surface area contributed by atoms with Gasteiger partial charge in [0.05, 0.1) is 0 Å². The highest BCUT2D eigenvalue weighted by atomic mass is 15.0. The molecule has 0 fully saturated rings. The molecule has 0 spiro atoms. The van der Waals surface area contributed by atoms with Gasteiger partial charge in [-0.15, -0.1) is 0 Å². The molecule has 2 aromatic rings. The summed E-state index contributed by atoms with van der Waals surface area (Å²) in [5.74, 6) is -0.0524. The monoisotopic (exact) mass is 211 g/mol. The molecule has 80 valence electrons. The number of rotatable bonds is 2. The van der Waals surface area contributed by atoms with Crippen LogP contribution in [0.5, 0.6) is 0 Å². The zero-order chi connectivity index (χ0) is 11.4. The fourth-order valence-corrected chi connectivity index (χ4v) is 1.61. The molecule has 2 rings (SSSR count). The van der Waals surface area contributed by atoms with Crippen molar-refractivity contribution in [2.45, 2.75) is 0 Å². The summed E-state index contributed by atoms with van der Waals surface area (Å²) in [5.41, 5.74) is 8.34. The Morgan fingerprint density at radius 3 is 2.25 bits per heavy atom. The SMILES string of the molecule is N=C(N)Nc1ccccc1-c1ccccc1. The van der Waals surface area contributed by atoms with Gasteiger partial charge in [-0.1, -0.05) is 48.5 Å². The minimum atomic E-state index is -0.0524. The zero-order valence-electron chi connectivity index (χ0n) is 8.77. The molecule has 0 aliphatic carbocycles. The fourth-order valence-electron chi connectivity index (χ4n) is 1.61. The van der Waals surface area contributed by atoms with Crippen LogP contribution in [0.15, 0.2) is 54.6 Å². The van der Waals surface area contributed by atoms with Gasteiger partial charge in [-0.05, 0) is 11.6 Å². The predicted molar refractivity (Wildman–Crippen MR) is 67.4 cm³/mol. The molecule has 0 aliphatic heterocycles. The Morgan fingerprint density at radius 2 is 1.56 bits per heavy atom. The average Bonchev–Trinajstić information content (AvgIpc) is 2.30. The Bertz CT molecular complexity index is 492. The summed E-state index contributed by atoms with van der Waals surface area (Å²) in [6, 6.07) is 17.8. The van der Waals surface area contributed by atoms with E-state index in [1.54, 1.807) is 0 Å². The van der Waals surface area contributed by atoms with Crippen molar-refractivity contribution >= 4 is 11.6 Å². The summed E-state index contributed by atoms with van der Waals surface area (Å²) in [7, 11) is 0. The number of nitrogens with one attached hydrogen (secondary N) is 2. The van der Waals surface area contributed by atoms with Gasteiger partial charge in [-0.3, -0.25) is 5.41 Å². The molecule has 0 radical (unpaired) electrons. The number of anilines is 1. The van der Waals surface area contributed by atoms with Crippen LogP contribution in [-0.2, 0) is 0 Å². The minimum Gasteiger partial charge on any atom is -0.370 e. The van der Waals surface area contributed by atoms with E-state index in [0.717, 1.165) is 16.8 Å². The third-order valence-corrected chi connectivity index (χ3v) is 2.28. The summed E-state index contributed by atoms with van der Waals surface area (Å²) >= 11 is 0. The van der Waals surface area contributed by atoms with E-state index in [2.05, 4.69) is 5.32 Å². The van der Waals surface area contributed by atoms with E-state index in [1.165, 1.54) is 0 Å². The lowest BCUT2D eigenvalue weighted by Gasteiger charge is -2.10. The standard InChI is InChI=1S/C13H13N3/c14-13(15)16-12-9-5-4-8-11(12)10-6-2-1-3-7-10/h1-9H,(H4,14,15,16). The molecule has 0 aliphatic rings. The molecular weight excluding hydrogens is 198 g/mol. The maximum Gasteiger partial charge on any atom is 0.190 e. The smallest absolute Gasteiger partial charge is 0.190 e. The molecule has 0 saturated carbocycles. The molecule has 16 heavy (non-hydrogen) atoms. The minimum absolute atomic E-state index is 0.0524. The molecule has 0 amide bonds. The van der Waals surface area contributed by atoms with Crippen LogP contribution in [-0.4, -0.2) is 5.96 Å². The van der Waals surface area contributed by atoms with Gasteiger partial charge in [0.15, 0.2) is 5.96 Å². The first kappa shape index (κ1) is 10.2. The van der Waals surface area contributed by atoms with Gasteiger partial charge in [-0.2, -0.15) is 0 Å². The van der Waals surface area contributed by atoms with Crippen molar-refractivity contribution in [3.63, 3.8) is 0 Å². The lowest BCUT2D eigenvalue weighted by molar-refractivity contribution is 1.41. The van der Waals surface area contributed by atoms with Gasteiger partial charge in [0.1, 0.15) is 0 Å². The van der Waals surface area contributed by atoms with Crippen LogP contribution in [0.3, 0.4) is 0 Å². The molecular formula is C13H13N3. The topological polar surface area (TPSA) is 61.9 Å². The normalized spacial score (nSPS) is 9.75. The second kappa shape index (κ2) is 4.49. The van der Waals surface area contributed by atoms with E-state index in [1.807, 2.05) is 54.6 Å². The molecule has 3 heteroatoms. The highest BCUT2D eigenvalue weighted by Crippen LogP contribution is 2.27. The zero-order valence-corrected chi connectivity index (χ0v) is 8.77. The second-order valence-electron chi connectivity index (χ2n) is 3.45. The lowest BCUT2D eigenvalue weighted by Crippen LogP contribution is -2.20. The fraction of sp³-hybridized carbons (Fsp3) is 0. The Labute approximate surface area is 94.4 Å². The van der Waals surface area contributed by atoms with Crippen molar-refractivity contribution < 1.29 is 0 Å². The predicted octanol–water partition coefficient (Wildman–Crippen LogP) is 2.66. The van der Waals surface area contributed by atoms with Gasteiger partial charge in [0.2, 0.25) is 0 Å². The average molecular weight is 211 g/mol. The first-order valence-electron chi connectivity index (χ1n) is 5.03. The first-order valence-corrected chi connectivity index (χ1v) is 5.03. The second-order valence-corrected chi connectivity index (χ2v) is 3.45. The van der Waals surface area contributed by atoms with Crippen molar-refractivity contribution in [2.24, 2.45) is 5.73 Å². The van der Waals surface area contributed by atoms with Gasteiger partial charge >= 0.3 is 0 Å². The lowest BCUT2D eigenvalue weighted by atomic mass is 10.0. The number of nitrogens with two attached hydrogens (primary N) is 1. The molecule has 0 aromatic heterocycles. The summed E-state index contributed by atoms with van der Waals surface area (Å²) in [6.07, 6.45) is 0. The van der Waals surface area contributed by atoms with Crippen molar-refractivity contribution in [3.8, 4) is 11.1 Å². The molecule has 4 N–H and O–H groups in total. The van der Waals surface area contributed by atoms with E-state index in [0.29, 0.717) is 0 Å². The third kappa shape index (κ3) is 2.20. The van der Waals surface area contributed by atoms with Crippen LogP contribution < -0.4 is 11.1 Å². The summed E-state index contributed by atoms with van der Waals surface area (Å²) in [6.45, 7) is 0. The van der Waals surface area contributed by atoms with Gasteiger partial charge in [0, 0.05) is 11.3 Å². The Hall–Kier alpha value is -2.29. The maximum absolute atomic E-state index is 7.26. The molecule has 0 saturated heterocycles. The number of hydrogen-bond donors (Lipinski definition) is 3. The summed E-state index contributed by atoms with van der Waals surface area (Å²) < 4.78 is 0. The van der Waals surface area contributed by atoms with E-state index >= 15 is 0 Å². The van der Waals surface area contributed by atoms with Crippen LogP contribution in [0.2, 0.25) is 0 Å². The van der Waals surface area contributed by atoms with Crippen molar-refractivity contribution in [1.29, 1.82) is 5.41 Å². The molecule has 0 atom stereocenters. The number of hydrogen-bond acceptors (Lipinski definition) is 1. The number of benzene rings is 2. The molecule has 0 heterocycles. The highest BCUT2D eigenvalue weighted by molar-refractivity contribution is 5.94. The van der Waals surface area contributed by atoms with Crippen LogP contribution in [0, 0.1) is 5.41 Å². The van der Waals surface area contributed by atoms with E-state index in [4.69, 9.17) is 11.1 Å². The Kier molecular flexibility index (Phi) is 2.87. The highest BCUT2D eigenvalue weighted by Gasteiger charge is 2.03. The maximum atomic E-state index is 7.26. The van der Waals surface area contributed by atoms with Crippen molar-refractivity contribution in [3.05, 3.63) is 54.6 Å². The van der Waals surface area contributed by atoms with Gasteiger partial charge in [0.25, 0.3) is 0 Å². The van der Waals surface area contributed by atoms with Crippen LogP contribution in [0.4, 0.5) is 5.69 Å². The first-order chi connectivity index (χ1) is 7.77.